The van der Waals surface area contributed by atoms with E-state index < -0.39 is 0 Å². The largest absolute Gasteiger partial charge is 0.508 e. The van der Waals surface area contributed by atoms with Crippen molar-refractivity contribution >= 4 is 0 Å². The van der Waals surface area contributed by atoms with Gasteiger partial charge in [0, 0.05) is 30.9 Å². The fraction of sp³-hybridized carbons (Fsp3) is 0.400. The Balaban J connectivity index is 1.69. The van der Waals surface area contributed by atoms with Crippen molar-refractivity contribution in [1.82, 2.24) is 15.1 Å². The highest BCUT2D eigenvalue weighted by atomic mass is 16.3. The third-order valence-electron chi connectivity index (χ3n) is 3.86. The average Bonchev–Trinajstić information content (AvgIpc) is 2.81. The Bertz CT molecular complexity index is 559. The topological polar surface area (TPSA) is 50.1 Å². The molecule has 4 nitrogen and oxygen atoms in total. The molecule has 1 unspecified atom stereocenters. The van der Waals surface area contributed by atoms with Crippen molar-refractivity contribution in [2.75, 3.05) is 0 Å². The smallest absolute Gasteiger partial charge is 0.115 e. The van der Waals surface area contributed by atoms with Gasteiger partial charge in [-0.05, 0) is 37.0 Å². The van der Waals surface area contributed by atoms with Gasteiger partial charge < -0.3 is 10.4 Å². The average molecular weight is 257 g/mol. The van der Waals surface area contributed by atoms with Gasteiger partial charge in [0.15, 0.2) is 0 Å². The number of aromatic hydroxyl groups is 1. The molecule has 100 valence electrons. The maximum Gasteiger partial charge on any atom is 0.115 e. The van der Waals surface area contributed by atoms with Crippen molar-refractivity contribution in [1.29, 1.82) is 0 Å². The highest BCUT2D eigenvalue weighted by Crippen LogP contribution is 2.29. The van der Waals surface area contributed by atoms with Crippen molar-refractivity contribution in [3.05, 3.63) is 47.3 Å². The molecule has 1 aliphatic rings. The molecule has 4 heteroatoms. The number of rotatable bonds is 3. The number of nitrogens with zero attached hydrogens (tertiary/aromatic N) is 2. The molecule has 3 rings (SSSR count). The minimum atomic E-state index is 0.316. The molecule has 1 atom stereocenters. The maximum absolute atomic E-state index is 9.28. The van der Waals surface area contributed by atoms with E-state index in [1.165, 1.54) is 23.2 Å². The Morgan fingerprint density at radius 3 is 2.95 bits per heavy atom. The van der Waals surface area contributed by atoms with E-state index in [-0.39, 0.29) is 0 Å². The van der Waals surface area contributed by atoms with Crippen LogP contribution < -0.4 is 5.32 Å². The Morgan fingerprint density at radius 2 is 2.16 bits per heavy atom. The van der Waals surface area contributed by atoms with Crippen LogP contribution in [-0.4, -0.2) is 14.9 Å². The molecule has 2 N–H and O–H groups in total. The van der Waals surface area contributed by atoms with Crippen LogP contribution in [0.5, 0.6) is 5.75 Å². The molecule has 19 heavy (non-hydrogen) atoms. The number of benzene rings is 1. The number of hydrogen-bond acceptors (Lipinski definition) is 3. The second-order valence-corrected chi connectivity index (χ2v) is 5.16. The normalized spacial score (nSPS) is 18.3. The summed E-state index contributed by atoms with van der Waals surface area (Å²) in [6.07, 6.45) is 5.49. The van der Waals surface area contributed by atoms with Crippen molar-refractivity contribution in [2.45, 2.75) is 31.8 Å². The van der Waals surface area contributed by atoms with Crippen LogP contribution >= 0.6 is 0 Å². The second-order valence-electron chi connectivity index (χ2n) is 5.16. The molecule has 2 aromatic rings. The standard InChI is InChI=1S/C15H19N3O/c1-18-15-4-2-3-14(13(15)10-17-18)16-9-11-5-7-12(19)8-6-11/h5-8,10,14,16,19H,2-4,9H2,1H3. The van der Waals surface area contributed by atoms with Gasteiger partial charge in [0.1, 0.15) is 5.75 Å². The maximum atomic E-state index is 9.28. The molecule has 0 saturated heterocycles. The van der Waals surface area contributed by atoms with E-state index in [0.717, 1.165) is 19.4 Å². The zero-order chi connectivity index (χ0) is 13.2. The molecule has 0 aliphatic heterocycles. The monoisotopic (exact) mass is 257 g/mol. The van der Waals surface area contributed by atoms with Crippen LogP contribution in [0.25, 0.3) is 0 Å². The van der Waals surface area contributed by atoms with Crippen LogP contribution in [0.2, 0.25) is 0 Å². The molecule has 0 amide bonds. The molecule has 0 spiro atoms. The van der Waals surface area contributed by atoms with Crippen LogP contribution in [0.15, 0.2) is 30.5 Å². The zero-order valence-corrected chi connectivity index (χ0v) is 11.1. The fourth-order valence-corrected chi connectivity index (χ4v) is 2.77. The molecule has 0 radical (unpaired) electrons. The predicted octanol–water partition coefficient (Wildman–Crippen LogP) is 2.29. The molecule has 0 bridgehead atoms. The van der Waals surface area contributed by atoms with E-state index in [9.17, 15) is 5.11 Å². The summed E-state index contributed by atoms with van der Waals surface area (Å²) >= 11 is 0. The molecule has 1 aromatic heterocycles. The number of nitrogens with one attached hydrogen (secondary N) is 1. The SMILES string of the molecule is Cn1ncc2c1CCCC2NCc1ccc(O)cc1. The van der Waals surface area contributed by atoms with Crippen molar-refractivity contribution < 1.29 is 5.11 Å². The van der Waals surface area contributed by atoms with Crippen molar-refractivity contribution in [2.24, 2.45) is 7.05 Å². The minimum absolute atomic E-state index is 0.316. The number of aromatic nitrogens is 2. The summed E-state index contributed by atoms with van der Waals surface area (Å²) in [4.78, 5) is 0. The van der Waals surface area contributed by atoms with E-state index in [0.29, 0.717) is 11.8 Å². The Kier molecular flexibility index (Phi) is 3.25. The first-order chi connectivity index (χ1) is 9.24. The molecular weight excluding hydrogens is 238 g/mol. The lowest BCUT2D eigenvalue weighted by atomic mass is 9.93. The number of phenolic OH excluding ortho intramolecular Hbond substituents is 1. The third kappa shape index (κ3) is 2.49. The first-order valence-electron chi connectivity index (χ1n) is 6.76. The second kappa shape index (κ2) is 5.05. The molecule has 0 fully saturated rings. The van der Waals surface area contributed by atoms with Crippen LogP contribution in [0.4, 0.5) is 0 Å². The Labute approximate surface area is 113 Å². The summed E-state index contributed by atoms with van der Waals surface area (Å²) in [6.45, 7) is 0.819. The quantitative estimate of drug-likeness (QED) is 0.887. The summed E-state index contributed by atoms with van der Waals surface area (Å²) in [5, 5.41) is 17.2. The number of hydrogen-bond donors (Lipinski definition) is 2. The molecule has 1 heterocycles. The van der Waals surface area contributed by atoms with E-state index in [4.69, 9.17) is 0 Å². The molecule has 1 aliphatic carbocycles. The van der Waals surface area contributed by atoms with Crippen LogP contribution in [0, 0.1) is 0 Å². The molecule has 0 saturated carbocycles. The van der Waals surface area contributed by atoms with Crippen LogP contribution in [-0.2, 0) is 20.0 Å². The van der Waals surface area contributed by atoms with Gasteiger partial charge in [0.2, 0.25) is 0 Å². The summed E-state index contributed by atoms with van der Waals surface area (Å²) in [7, 11) is 2.02. The third-order valence-corrected chi connectivity index (χ3v) is 3.86. The molecule has 1 aromatic carbocycles. The molecular formula is C15H19N3O. The van der Waals surface area contributed by atoms with Gasteiger partial charge in [0.25, 0.3) is 0 Å². The summed E-state index contributed by atoms with van der Waals surface area (Å²) in [5.74, 6) is 0.316. The van der Waals surface area contributed by atoms with Gasteiger partial charge in [-0.1, -0.05) is 12.1 Å². The Morgan fingerprint density at radius 1 is 1.37 bits per heavy atom. The first kappa shape index (κ1) is 12.2. The summed E-state index contributed by atoms with van der Waals surface area (Å²) in [5.41, 5.74) is 3.88. The highest BCUT2D eigenvalue weighted by molar-refractivity contribution is 5.27. The first-order valence-corrected chi connectivity index (χ1v) is 6.76. The number of fused-ring (bicyclic) bond motifs is 1. The lowest BCUT2D eigenvalue weighted by molar-refractivity contribution is 0.451. The summed E-state index contributed by atoms with van der Waals surface area (Å²) in [6, 6.07) is 7.76. The lowest BCUT2D eigenvalue weighted by Crippen LogP contribution is -2.24. The van der Waals surface area contributed by atoms with Gasteiger partial charge in [-0.3, -0.25) is 4.68 Å². The highest BCUT2D eigenvalue weighted by Gasteiger charge is 2.22. The van der Waals surface area contributed by atoms with Gasteiger partial charge in [-0.25, -0.2) is 0 Å². The van der Waals surface area contributed by atoms with Crippen molar-refractivity contribution in [3.63, 3.8) is 0 Å². The van der Waals surface area contributed by atoms with Crippen LogP contribution in [0.3, 0.4) is 0 Å². The lowest BCUT2D eigenvalue weighted by Gasteiger charge is -2.24. The minimum Gasteiger partial charge on any atom is -0.508 e. The zero-order valence-electron chi connectivity index (χ0n) is 11.1. The van der Waals surface area contributed by atoms with E-state index in [1.54, 1.807) is 12.1 Å². The van der Waals surface area contributed by atoms with Gasteiger partial charge in [0.05, 0.1) is 6.20 Å². The van der Waals surface area contributed by atoms with Crippen molar-refractivity contribution in [3.8, 4) is 5.75 Å². The van der Waals surface area contributed by atoms with Gasteiger partial charge in [-0.2, -0.15) is 5.10 Å². The van der Waals surface area contributed by atoms with Gasteiger partial charge >= 0.3 is 0 Å². The van der Waals surface area contributed by atoms with E-state index >= 15 is 0 Å². The number of aryl methyl sites for hydroxylation is 1. The number of phenols is 1. The van der Waals surface area contributed by atoms with E-state index in [1.807, 2.05) is 30.1 Å². The summed E-state index contributed by atoms with van der Waals surface area (Å²) < 4.78 is 1.99. The Hall–Kier alpha value is -1.81. The predicted molar refractivity (Wildman–Crippen MR) is 73.8 cm³/mol. The van der Waals surface area contributed by atoms with Crippen LogP contribution in [0.1, 0.15) is 35.7 Å². The van der Waals surface area contributed by atoms with E-state index in [2.05, 4.69) is 10.4 Å². The van der Waals surface area contributed by atoms with Gasteiger partial charge in [-0.15, -0.1) is 0 Å². The fourth-order valence-electron chi connectivity index (χ4n) is 2.77.